The average Bonchev–Trinajstić information content (AvgIpc) is 3.61. The van der Waals surface area contributed by atoms with Gasteiger partial charge in [0.1, 0.15) is 23.2 Å². The Morgan fingerprint density at radius 1 is 1.11 bits per heavy atom. The first-order chi connectivity index (χ1) is 26.0. The number of nitrogens with one attached hydrogen (secondary N) is 4. The topological polar surface area (TPSA) is 174 Å². The molecule has 4 N–H and O–H groups in total. The highest BCUT2D eigenvalue weighted by molar-refractivity contribution is 7.17. The first kappa shape index (κ1) is 39.9. The maximum absolute atomic E-state index is 12.3. The molecule has 0 bridgehead atoms. The van der Waals surface area contributed by atoms with E-state index in [9.17, 15) is 19.2 Å². The summed E-state index contributed by atoms with van der Waals surface area (Å²) in [5.74, 6) is 2.15. The summed E-state index contributed by atoms with van der Waals surface area (Å²) in [5, 5.41) is 12.8. The molecule has 1 atom stereocenters. The third-order valence-corrected chi connectivity index (χ3v) is 9.93. The summed E-state index contributed by atoms with van der Waals surface area (Å²) in [6, 6.07) is 14.4. The number of hydrogen-bond donors (Lipinski definition) is 4. The number of aromatic nitrogens is 3. The number of rotatable bonds is 13. The van der Waals surface area contributed by atoms with E-state index in [1.54, 1.807) is 24.3 Å². The van der Waals surface area contributed by atoms with Crippen LogP contribution in [0.2, 0.25) is 5.02 Å². The maximum atomic E-state index is 12.3. The van der Waals surface area contributed by atoms with Crippen LogP contribution in [0, 0.1) is 13.8 Å². The molecule has 286 valence electrons. The number of carbonyl (C=O) groups is 4. The van der Waals surface area contributed by atoms with Crippen molar-refractivity contribution in [3.05, 3.63) is 76.0 Å². The number of anilines is 5. The van der Waals surface area contributed by atoms with Crippen LogP contribution in [0.1, 0.15) is 40.8 Å². The van der Waals surface area contributed by atoms with Gasteiger partial charge in [0.15, 0.2) is 18.0 Å². The van der Waals surface area contributed by atoms with Crippen molar-refractivity contribution in [3.8, 4) is 5.75 Å². The van der Waals surface area contributed by atoms with Crippen molar-refractivity contribution >= 4 is 75.2 Å². The minimum absolute atomic E-state index is 0.108. The number of halogens is 1. The zero-order chi connectivity index (χ0) is 38.6. The van der Waals surface area contributed by atoms with Crippen LogP contribution >= 0.6 is 22.9 Å². The molecule has 0 unspecified atom stereocenters. The van der Waals surface area contributed by atoms with Crippen molar-refractivity contribution in [2.45, 2.75) is 39.7 Å². The molecule has 2 saturated heterocycles. The predicted molar refractivity (Wildman–Crippen MR) is 212 cm³/mol. The highest BCUT2D eigenvalue weighted by Gasteiger charge is 2.26. The molecular weight excluding hydrogens is 732 g/mol. The van der Waals surface area contributed by atoms with Gasteiger partial charge in [0.05, 0.1) is 21.8 Å². The summed E-state index contributed by atoms with van der Waals surface area (Å²) in [7, 11) is 1.87. The van der Waals surface area contributed by atoms with Crippen molar-refractivity contribution in [2.75, 3.05) is 73.4 Å². The number of imide groups is 1. The Morgan fingerprint density at radius 2 is 1.91 bits per heavy atom. The van der Waals surface area contributed by atoms with Crippen molar-refractivity contribution in [3.63, 3.8) is 0 Å². The molecule has 2 aliphatic heterocycles. The molecule has 0 radical (unpaired) electrons. The standard InChI is InChI=1S/C29H35N9O5S.C8H10ClN/c1-19-16-37(25-14-24(32-20(2)33-25)34-28-31-15-23(17-39)44-28)13-12-36(19)10-3-9-30-27(41)18-43-22-6-4-21(5-7-22)38-11-8-26(40)35-29(38)42;1-6-4-3-5-7(9)8(6)10-2/h4-7,14-15,17,19H,3,8-13,16,18H2,1-2H3,(H,30,41)(H,35,40,42)(H,31,32,33,34);3-5,10H,1-2H3/t19-;/m1./s1. The molecule has 2 fully saturated rings. The molecule has 4 amide bonds. The van der Waals surface area contributed by atoms with Gasteiger partial charge in [0.2, 0.25) is 5.91 Å². The van der Waals surface area contributed by atoms with E-state index in [0.717, 1.165) is 55.4 Å². The average molecular weight is 777 g/mol. The quantitative estimate of drug-likeness (QED) is 0.106. The lowest BCUT2D eigenvalue weighted by Gasteiger charge is -2.40. The molecule has 0 saturated carbocycles. The second-order valence-electron chi connectivity index (χ2n) is 12.7. The lowest BCUT2D eigenvalue weighted by molar-refractivity contribution is -0.123. The molecule has 4 heterocycles. The van der Waals surface area contributed by atoms with Crippen molar-refractivity contribution < 1.29 is 23.9 Å². The van der Waals surface area contributed by atoms with Gasteiger partial charge in [-0.1, -0.05) is 35.1 Å². The molecule has 54 heavy (non-hydrogen) atoms. The molecule has 2 aromatic heterocycles. The number of carbonyl (C=O) groups excluding carboxylic acids is 4. The number of ether oxygens (including phenoxy) is 1. The molecule has 4 aromatic rings. The van der Waals surface area contributed by atoms with Crippen molar-refractivity contribution in [1.29, 1.82) is 0 Å². The van der Waals surface area contributed by atoms with Gasteiger partial charge in [0.25, 0.3) is 5.91 Å². The third kappa shape index (κ3) is 11.1. The summed E-state index contributed by atoms with van der Waals surface area (Å²) >= 11 is 7.14. The second kappa shape index (κ2) is 19.1. The fraction of sp³-hybridized carbons (Fsp3) is 0.378. The summed E-state index contributed by atoms with van der Waals surface area (Å²) < 4.78 is 5.60. The van der Waals surface area contributed by atoms with E-state index in [1.165, 1.54) is 28.0 Å². The van der Waals surface area contributed by atoms with E-state index < -0.39 is 6.03 Å². The number of thiazole rings is 1. The van der Waals surface area contributed by atoms with Crippen molar-refractivity contribution in [1.82, 2.24) is 30.5 Å². The second-order valence-corrected chi connectivity index (χ2v) is 14.2. The number of urea groups is 1. The van der Waals surface area contributed by atoms with Crippen LogP contribution in [0.4, 0.5) is 32.9 Å². The third-order valence-electron chi connectivity index (χ3n) is 8.78. The summed E-state index contributed by atoms with van der Waals surface area (Å²) in [5.41, 5.74) is 2.84. The number of amides is 4. The van der Waals surface area contributed by atoms with Gasteiger partial charge >= 0.3 is 6.03 Å². The van der Waals surface area contributed by atoms with Crippen LogP contribution in [-0.4, -0.2) is 103 Å². The van der Waals surface area contributed by atoms with E-state index in [-0.39, 0.29) is 24.8 Å². The molecule has 2 aliphatic rings. The SMILES string of the molecule is CNc1c(C)cccc1Cl.Cc1nc(Nc2ncc(C=O)s2)cc(N2CCN(CCCNC(=O)COc3ccc(N4CCC(=O)NC4=O)cc3)[C@H](C)C2)n1. The first-order valence-corrected chi connectivity index (χ1v) is 18.8. The number of aryl methyl sites for hydroxylation is 2. The van der Waals surface area contributed by atoms with E-state index in [2.05, 4.69) is 52.9 Å². The Hall–Kier alpha value is -5.32. The normalized spacial score (nSPS) is 15.8. The van der Waals surface area contributed by atoms with Crippen LogP contribution in [-0.2, 0) is 9.59 Å². The Kier molecular flexibility index (Phi) is 14.1. The first-order valence-electron chi connectivity index (χ1n) is 17.6. The number of benzene rings is 2. The molecule has 2 aromatic carbocycles. The Balaban J connectivity index is 0.000000486. The van der Waals surface area contributed by atoms with Gasteiger partial charge < -0.3 is 25.6 Å². The number of aldehydes is 1. The zero-order valence-electron chi connectivity index (χ0n) is 30.7. The smallest absolute Gasteiger partial charge is 0.328 e. The molecule has 0 aliphatic carbocycles. The minimum atomic E-state index is -0.447. The van der Waals surface area contributed by atoms with E-state index >= 15 is 0 Å². The lowest BCUT2D eigenvalue weighted by Crippen LogP contribution is -2.52. The van der Waals surface area contributed by atoms with Crippen LogP contribution in [0.25, 0.3) is 0 Å². The van der Waals surface area contributed by atoms with Gasteiger partial charge in [0, 0.05) is 70.5 Å². The summed E-state index contributed by atoms with van der Waals surface area (Å²) in [6.45, 7) is 10.2. The Morgan fingerprint density at radius 3 is 2.57 bits per heavy atom. The van der Waals surface area contributed by atoms with E-state index in [4.69, 9.17) is 16.3 Å². The molecule has 15 nitrogen and oxygen atoms in total. The van der Waals surface area contributed by atoms with E-state index in [1.807, 2.05) is 45.2 Å². The van der Waals surface area contributed by atoms with Crippen LogP contribution < -0.4 is 35.8 Å². The zero-order valence-corrected chi connectivity index (χ0v) is 32.3. The highest BCUT2D eigenvalue weighted by Crippen LogP contribution is 2.26. The predicted octanol–water partition coefficient (Wildman–Crippen LogP) is 5.03. The minimum Gasteiger partial charge on any atom is -0.484 e. The highest BCUT2D eigenvalue weighted by atomic mass is 35.5. The summed E-state index contributed by atoms with van der Waals surface area (Å²) in [6.07, 6.45) is 3.36. The fourth-order valence-electron chi connectivity index (χ4n) is 6.01. The van der Waals surface area contributed by atoms with Gasteiger partial charge in [-0.2, -0.15) is 0 Å². The molecule has 0 spiro atoms. The largest absolute Gasteiger partial charge is 0.484 e. The number of para-hydroxylation sites is 1. The molecule has 6 rings (SSSR count). The maximum Gasteiger partial charge on any atom is 0.328 e. The van der Waals surface area contributed by atoms with Gasteiger partial charge in [-0.3, -0.25) is 29.5 Å². The van der Waals surface area contributed by atoms with Crippen molar-refractivity contribution in [2.24, 2.45) is 0 Å². The molecular formula is C37H45ClN10O5S. The van der Waals surface area contributed by atoms with E-state index in [0.29, 0.717) is 52.2 Å². The van der Waals surface area contributed by atoms with Crippen LogP contribution in [0.3, 0.4) is 0 Å². The van der Waals surface area contributed by atoms with Crippen LogP contribution in [0.5, 0.6) is 5.75 Å². The monoisotopic (exact) mass is 776 g/mol. The van der Waals surface area contributed by atoms with Gasteiger partial charge in [-0.25, -0.2) is 19.7 Å². The Labute approximate surface area is 323 Å². The number of nitrogens with zero attached hydrogens (tertiary/aromatic N) is 6. The van der Waals surface area contributed by atoms with Crippen LogP contribution in [0.15, 0.2) is 54.7 Å². The summed E-state index contributed by atoms with van der Waals surface area (Å²) in [4.78, 5) is 66.6. The van der Waals surface area contributed by atoms with Gasteiger partial charge in [-0.05, 0) is 63.1 Å². The lowest BCUT2D eigenvalue weighted by atomic mass is 10.1. The van der Waals surface area contributed by atoms with Gasteiger partial charge in [-0.15, -0.1) is 0 Å². The Bertz CT molecular complexity index is 1910. The number of hydrogen-bond acceptors (Lipinski definition) is 13. The molecule has 17 heteroatoms. The number of piperazine rings is 1. The fourth-order valence-corrected chi connectivity index (χ4v) is 6.97.